The SMILES string of the molecule is C1=CCC2=[N+]CNC=C2C1. The van der Waals surface area contributed by atoms with Crippen LogP contribution in [0.15, 0.2) is 23.9 Å². The maximum atomic E-state index is 4.34. The van der Waals surface area contributed by atoms with E-state index in [1.54, 1.807) is 0 Å². The molecule has 1 N–H and O–H groups in total. The van der Waals surface area contributed by atoms with Crippen LogP contribution in [0.1, 0.15) is 12.8 Å². The number of hydrogen-bond acceptors (Lipinski definition) is 2. The van der Waals surface area contributed by atoms with Crippen LogP contribution < -0.4 is 10.3 Å². The van der Waals surface area contributed by atoms with E-state index in [9.17, 15) is 0 Å². The molecule has 2 aliphatic rings. The second-order valence-corrected chi connectivity index (χ2v) is 2.52. The summed E-state index contributed by atoms with van der Waals surface area (Å²) in [7, 11) is 0. The fraction of sp³-hybridized carbons (Fsp3) is 0.375. The number of nitrogens with zero attached hydrogens (tertiary/aromatic N) is 1. The molecule has 0 unspecified atom stereocenters. The number of aliphatic imine (C=N–C) groups is 1. The monoisotopic (exact) mass is 134 g/mol. The van der Waals surface area contributed by atoms with Crippen molar-refractivity contribution >= 4 is 5.71 Å². The van der Waals surface area contributed by atoms with Crippen LogP contribution in [0.2, 0.25) is 0 Å². The van der Waals surface area contributed by atoms with Crippen molar-refractivity contribution in [2.75, 3.05) is 6.67 Å². The van der Waals surface area contributed by atoms with Gasteiger partial charge in [-0.05, 0) is 6.42 Å². The van der Waals surface area contributed by atoms with Crippen molar-refractivity contribution < 1.29 is 0 Å². The Morgan fingerprint density at radius 2 is 2.20 bits per heavy atom. The summed E-state index contributed by atoms with van der Waals surface area (Å²) >= 11 is 0. The molecular formula is C8H10N2+. The average Bonchev–Trinajstić information content (AvgIpc) is 2.05. The summed E-state index contributed by atoms with van der Waals surface area (Å²) in [6, 6.07) is 0. The molecule has 0 atom stereocenters. The Morgan fingerprint density at radius 1 is 1.30 bits per heavy atom. The molecule has 1 radical (unpaired) electrons. The zero-order valence-corrected chi connectivity index (χ0v) is 5.80. The number of hydrogen-bond donors (Lipinski definition) is 1. The minimum Gasteiger partial charge on any atom is -0.331 e. The molecule has 51 valence electrons. The van der Waals surface area contributed by atoms with Crippen LogP contribution >= 0.6 is 0 Å². The third-order valence-corrected chi connectivity index (χ3v) is 1.82. The second-order valence-electron chi connectivity index (χ2n) is 2.52. The van der Waals surface area contributed by atoms with Crippen molar-refractivity contribution in [3.63, 3.8) is 0 Å². The highest BCUT2D eigenvalue weighted by Crippen LogP contribution is 2.13. The maximum absolute atomic E-state index is 4.34. The van der Waals surface area contributed by atoms with Crippen molar-refractivity contribution in [2.45, 2.75) is 12.8 Å². The molecule has 10 heavy (non-hydrogen) atoms. The molecule has 0 aromatic rings. The Hall–Kier alpha value is -1.05. The van der Waals surface area contributed by atoms with E-state index in [1.807, 2.05) is 0 Å². The van der Waals surface area contributed by atoms with Crippen molar-refractivity contribution in [3.8, 4) is 0 Å². The topological polar surface area (TPSA) is 26.1 Å². The van der Waals surface area contributed by atoms with E-state index in [4.69, 9.17) is 0 Å². The molecule has 1 aliphatic carbocycles. The first-order chi connectivity index (χ1) is 4.97. The van der Waals surface area contributed by atoms with E-state index in [2.05, 4.69) is 28.7 Å². The molecule has 0 bridgehead atoms. The quantitative estimate of drug-likeness (QED) is 0.481. The Labute approximate surface area is 60.3 Å². The highest BCUT2D eigenvalue weighted by molar-refractivity contribution is 6.01. The normalized spacial score (nSPS) is 22.4. The van der Waals surface area contributed by atoms with Gasteiger partial charge in [-0.3, -0.25) is 0 Å². The fourth-order valence-electron chi connectivity index (χ4n) is 1.27. The van der Waals surface area contributed by atoms with Gasteiger partial charge in [0.15, 0.2) is 0 Å². The molecule has 2 nitrogen and oxygen atoms in total. The predicted molar refractivity (Wildman–Crippen MR) is 41.6 cm³/mol. The van der Waals surface area contributed by atoms with Gasteiger partial charge in [0.05, 0.1) is 6.42 Å². The lowest BCUT2D eigenvalue weighted by Gasteiger charge is -2.07. The molecule has 0 aromatic carbocycles. The molecule has 0 amide bonds. The van der Waals surface area contributed by atoms with Crippen molar-refractivity contribution in [1.29, 1.82) is 0 Å². The highest BCUT2D eigenvalue weighted by atomic mass is 15.0. The van der Waals surface area contributed by atoms with E-state index >= 15 is 0 Å². The van der Waals surface area contributed by atoms with Crippen LogP contribution in [-0.4, -0.2) is 12.4 Å². The van der Waals surface area contributed by atoms with Gasteiger partial charge in [-0.25, -0.2) is 0 Å². The van der Waals surface area contributed by atoms with Gasteiger partial charge in [-0.2, -0.15) is 0 Å². The average molecular weight is 134 g/mol. The minimum atomic E-state index is 0.757. The first-order valence-corrected chi connectivity index (χ1v) is 3.58. The lowest BCUT2D eigenvalue weighted by atomic mass is 9.99. The van der Waals surface area contributed by atoms with Crippen molar-refractivity contribution in [2.24, 2.45) is 0 Å². The van der Waals surface area contributed by atoms with Crippen molar-refractivity contribution in [1.82, 2.24) is 10.3 Å². The second kappa shape index (κ2) is 2.29. The molecule has 2 heteroatoms. The molecular weight excluding hydrogens is 124 g/mol. The summed E-state index contributed by atoms with van der Waals surface area (Å²) in [6.45, 7) is 0.757. The molecule has 0 saturated heterocycles. The summed E-state index contributed by atoms with van der Waals surface area (Å²) in [5.41, 5.74) is 2.62. The summed E-state index contributed by atoms with van der Waals surface area (Å²) in [4.78, 5) is 4.34. The Morgan fingerprint density at radius 3 is 3.10 bits per heavy atom. The molecule has 0 aromatic heterocycles. The lowest BCUT2D eigenvalue weighted by Crippen LogP contribution is -2.26. The highest BCUT2D eigenvalue weighted by Gasteiger charge is 2.20. The van der Waals surface area contributed by atoms with Crippen LogP contribution in [-0.2, 0) is 0 Å². The van der Waals surface area contributed by atoms with Crippen LogP contribution in [0.3, 0.4) is 0 Å². The van der Waals surface area contributed by atoms with Crippen molar-refractivity contribution in [3.05, 3.63) is 23.9 Å². The largest absolute Gasteiger partial charge is 0.331 e. The summed E-state index contributed by atoms with van der Waals surface area (Å²) < 4.78 is 0. The first-order valence-electron chi connectivity index (χ1n) is 3.58. The minimum absolute atomic E-state index is 0.757. The van der Waals surface area contributed by atoms with Gasteiger partial charge in [0, 0.05) is 16.8 Å². The zero-order valence-electron chi connectivity index (χ0n) is 5.80. The summed E-state index contributed by atoms with van der Waals surface area (Å²) in [5.74, 6) is 0. The molecule has 2 rings (SSSR count). The Bertz CT molecular complexity index is 199. The number of allylic oxidation sites excluding steroid dienone is 3. The Kier molecular flexibility index (Phi) is 1.31. The van der Waals surface area contributed by atoms with E-state index in [0.717, 1.165) is 19.5 Å². The van der Waals surface area contributed by atoms with Crippen LogP contribution in [0, 0.1) is 0 Å². The standard InChI is InChI=1S/C8H10N2/c1-2-4-8-7(3-1)5-9-6-10-8/h1-2,5,9H,3-4,6H2/q+1. The molecule has 1 heterocycles. The molecule has 1 aliphatic heterocycles. The van der Waals surface area contributed by atoms with Gasteiger partial charge in [0.2, 0.25) is 0 Å². The van der Waals surface area contributed by atoms with Crippen LogP contribution in [0.5, 0.6) is 0 Å². The van der Waals surface area contributed by atoms with E-state index < -0.39 is 0 Å². The number of fused-ring (bicyclic) bond motifs is 1. The zero-order chi connectivity index (χ0) is 6.81. The molecule has 0 spiro atoms. The lowest BCUT2D eigenvalue weighted by molar-refractivity contribution is 0.792. The number of nitrogens with one attached hydrogen (secondary N) is 1. The van der Waals surface area contributed by atoms with Gasteiger partial charge in [0.25, 0.3) is 12.4 Å². The number of rotatable bonds is 0. The van der Waals surface area contributed by atoms with E-state index in [1.165, 1.54) is 11.3 Å². The van der Waals surface area contributed by atoms with Gasteiger partial charge in [0.1, 0.15) is 0 Å². The van der Waals surface area contributed by atoms with E-state index in [-0.39, 0.29) is 0 Å². The maximum Gasteiger partial charge on any atom is 0.282 e. The Balaban J connectivity index is 2.30. The predicted octanol–water partition coefficient (Wildman–Crippen LogP) is 0.558. The third-order valence-electron chi connectivity index (χ3n) is 1.82. The third kappa shape index (κ3) is 0.856. The van der Waals surface area contributed by atoms with Crippen LogP contribution in [0.25, 0.3) is 0 Å². The van der Waals surface area contributed by atoms with Gasteiger partial charge in [-0.1, -0.05) is 12.2 Å². The fourth-order valence-corrected chi connectivity index (χ4v) is 1.27. The molecule has 0 fully saturated rings. The van der Waals surface area contributed by atoms with E-state index in [0.29, 0.717) is 0 Å². The van der Waals surface area contributed by atoms with Crippen LogP contribution in [0.4, 0.5) is 0 Å². The van der Waals surface area contributed by atoms with Gasteiger partial charge >= 0.3 is 0 Å². The summed E-state index contributed by atoms with van der Waals surface area (Å²) in [5, 5.41) is 3.10. The summed E-state index contributed by atoms with van der Waals surface area (Å²) in [6.07, 6.45) is 8.52. The smallest absolute Gasteiger partial charge is 0.282 e. The first kappa shape index (κ1) is 5.71. The molecule has 0 saturated carbocycles. The van der Waals surface area contributed by atoms with Gasteiger partial charge in [-0.15, -0.1) is 0 Å². The van der Waals surface area contributed by atoms with Gasteiger partial charge < -0.3 is 5.32 Å².